The third-order valence-corrected chi connectivity index (χ3v) is 4.81. The van der Waals surface area contributed by atoms with Gasteiger partial charge >= 0.3 is 0 Å². The van der Waals surface area contributed by atoms with E-state index in [4.69, 9.17) is 0 Å². The van der Waals surface area contributed by atoms with Crippen molar-refractivity contribution >= 4 is 34.7 Å². The number of rotatable bonds is 4. The Hall–Kier alpha value is -3.86. The number of aldehydes is 1. The summed E-state index contributed by atoms with van der Waals surface area (Å²) in [5.74, 6) is 7.36. The predicted octanol–water partition coefficient (Wildman–Crippen LogP) is 2.27. The second-order valence-electron chi connectivity index (χ2n) is 6.92. The second-order valence-corrected chi connectivity index (χ2v) is 6.92. The summed E-state index contributed by atoms with van der Waals surface area (Å²) in [5.41, 5.74) is 2.20. The molecule has 1 saturated carbocycles. The summed E-state index contributed by atoms with van der Waals surface area (Å²) < 4.78 is 0. The lowest BCUT2D eigenvalue weighted by Gasteiger charge is -2.08. The number of nitrogens with one attached hydrogen (secondary N) is 2. The van der Waals surface area contributed by atoms with Gasteiger partial charge in [-0.1, -0.05) is 12.8 Å². The lowest BCUT2D eigenvalue weighted by atomic mass is 10.1. The first-order valence-electron chi connectivity index (χ1n) is 9.17. The van der Waals surface area contributed by atoms with E-state index in [2.05, 4.69) is 42.6 Å². The maximum atomic E-state index is 12.2. The smallest absolute Gasteiger partial charge is 0.228 e. The van der Waals surface area contributed by atoms with Crippen molar-refractivity contribution in [2.75, 3.05) is 17.7 Å². The quantitative estimate of drug-likeness (QED) is 0.523. The minimum atomic E-state index is -0.0406. The molecule has 1 fully saturated rings. The van der Waals surface area contributed by atoms with Crippen LogP contribution >= 0.6 is 0 Å². The molecule has 3 aromatic heterocycles. The number of hydrogen-bond acceptors (Lipinski definition) is 7. The van der Waals surface area contributed by atoms with Crippen molar-refractivity contribution in [3.63, 3.8) is 0 Å². The normalized spacial score (nSPS) is 17.2. The Morgan fingerprint density at radius 3 is 2.69 bits per heavy atom. The molecule has 1 amide bonds. The van der Waals surface area contributed by atoms with Gasteiger partial charge in [0, 0.05) is 36.3 Å². The van der Waals surface area contributed by atoms with Crippen molar-refractivity contribution in [3.05, 3.63) is 47.4 Å². The molecule has 0 spiro atoms. The molecule has 29 heavy (non-hydrogen) atoms. The molecule has 0 aliphatic heterocycles. The average Bonchev–Trinajstić information content (AvgIpc) is 3.49. The molecule has 2 atom stereocenters. The Labute approximate surface area is 167 Å². The van der Waals surface area contributed by atoms with E-state index in [9.17, 15) is 9.59 Å². The fraction of sp³-hybridized carbons (Fsp3) is 0.238. The fourth-order valence-electron chi connectivity index (χ4n) is 2.96. The van der Waals surface area contributed by atoms with Crippen LogP contribution in [0.1, 0.15) is 35.0 Å². The number of pyridine rings is 2. The zero-order valence-electron chi connectivity index (χ0n) is 15.9. The molecule has 0 aromatic carbocycles. The van der Waals surface area contributed by atoms with Crippen molar-refractivity contribution in [2.24, 2.45) is 11.8 Å². The first-order chi connectivity index (χ1) is 14.1. The van der Waals surface area contributed by atoms with Crippen LogP contribution in [0.15, 0.2) is 30.6 Å². The van der Waals surface area contributed by atoms with E-state index in [1.54, 1.807) is 31.4 Å². The van der Waals surface area contributed by atoms with E-state index in [0.717, 1.165) is 18.1 Å². The minimum Gasteiger partial charge on any atom is -0.371 e. The first-order valence-corrected chi connectivity index (χ1v) is 9.17. The predicted molar refractivity (Wildman–Crippen MR) is 108 cm³/mol. The van der Waals surface area contributed by atoms with Gasteiger partial charge in [0.15, 0.2) is 17.9 Å². The van der Waals surface area contributed by atoms with Crippen molar-refractivity contribution in [2.45, 2.75) is 13.3 Å². The lowest BCUT2D eigenvalue weighted by Crippen LogP contribution is -2.16. The van der Waals surface area contributed by atoms with Crippen LogP contribution in [0.4, 0.5) is 11.6 Å². The van der Waals surface area contributed by atoms with Gasteiger partial charge in [-0.15, -0.1) is 10.2 Å². The van der Waals surface area contributed by atoms with Crippen LogP contribution in [-0.2, 0) is 4.79 Å². The molecule has 0 radical (unpaired) electrons. The van der Waals surface area contributed by atoms with Crippen LogP contribution in [0.25, 0.3) is 10.9 Å². The molecule has 0 saturated heterocycles. The molecular weight excluding hydrogens is 368 g/mol. The molecular formula is C21H18N6O2. The van der Waals surface area contributed by atoms with Crippen LogP contribution in [0.3, 0.4) is 0 Å². The van der Waals surface area contributed by atoms with Gasteiger partial charge in [-0.05, 0) is 36.5 Å². The summed E-state index contributed by atoms with van der Waals surface area (Å²) in [6, 6.07) is 5.09. The van der Waals surface area contributed by atoms with E-state index in [1.807, 2.05) is 6.92 Å². The highest BCUT2D eigenvalue weighted by atomic mass is 16.2. The Morgan fingerprint density at radius 1 is 1.21 bits per heavy atom. The Kier molecular flexibility index (Phi) is 4.87. The highest BCUT2D eigenvalue weighted by Crippen LogP contribution is 2.38. The number of nitrogens with zero attached hydrogens (tertiary/aromatic N) is 4. The maximum Gasteiger partial charge on any atom is 0.228 e. The van der Waals surface area contributed by atoms with Gasteiger partial charge in [-0.2, -0.15) is 0 Å². The molecule has 4 rings (SSSR count). The summed E-state index contributed by atoms with van der Waals surface area (Å²) >= 11 is 0. The topological polar surface area (TPSA) is 110 Å². The summed E-state index contributed by atoms with van der Waals surface area (Å²) in [7, 11) is 1.75. The molecule has 1 aliphatic carbocycles. The number of amides is 1. The minimum absolute atomic E-state index is 0.0393. The highest BCUT2D eigenvalue weighted by Gasteiger charge is 2.39. The van der Waals surface area contributed by atoms with Crippen LogP contribution in [0.5, 0.6) is 0 Å². The number of hydrogen-bond donors (Lipinski definition) is 2. The Morgan fingerprint density at radius 2 is 2.03 bits per heavy atom. The zero-order valence-corrected chi connectivity index (χ0v) is 15.9. The third-order valence-electron chi connectivity index (χ3n) is 4.81. The van der Waals surface area contributed by atoms with Gasteiger partial charge in [0.1, 0.15) is 11.2 Å². The lowest BCUT2D eigenvalue weighted by molar-refractivity contribution is -0.117. The molecule has 3 heterocycles. The number of aromatic nitrogens is 4. The van der Waals surface area contributed by atoms with Crippen molar-refractivity contribution in [1.29, 1.82) is 0 Å². The standard InChI is InChI=1S/C21H18N6O2/c1-12-7-16(12)21(29)25-18-8-17-14(10-24-20(22-2)19(17)27-26-18)4-6-15-5-3-13(11-28)9-23-15/h3,5,8-12,16H,7H2,1-2H3,(H,22,24)(H,25,26,29)/t12-,16+/m1/s1. The largest absolute Gasteiger partial charge is 0.371 e. The van der Waals surface area contributed by atoms with E-state index in [1.165, 1.54) is 6.20 Å². The summed E-state index contributed by atoms with van der Waals surface area (Å²) in [6.07, 6.45) is 4.73. The van der Waals surface area contributed by atoms with Gasteiger partial charge in [-0.25, -0.2) is 9.97 Å². The van der Waals surface area contributed by atoms with Crippen molar-refractivity contribution in [3.8, 4) is 11.8 Å². The van der Waals surface area contributed by atoms with Gasteiger partial charge in [0.2, 0.25) is 5.91 Å². The molecule has 0 unspecified atom stereocenters. The van der Waals surface area contributed by atoms with Gasteiger partial charge < -0.3 is 10.6 Å². The number of fused-ring (bicyclic) bond motifs is 1. The molecule has 8 nitrogen and oxygen atoms in total. The summed E-state index contributed by atoms with van der Waals surface area (Å²) in [5, 5.41) is 14.9. The van der Waals surface area contributed by atoms with Crippen LogP contribution in [0, 0.1) is 23.7 Å². The highest BCUT2D eigenvalue weighted by molar-refractivity contribution is 5.97. The van der Waals surface area contributed by atoms with Crippen molar-refractivity contribution in [1.82, 2.24) is 20.2 Å². The number of carbonyl (C=O) groups is 2. The summed E-state index contributed by atoms with van der Waals surface area (Å²) in [4.78, 5) is 31.5. The second kappa shape index (κ2) is 7.64. The molecule has 0 bridgehead atoms. The monoisotopic (exact) mass is 386 g/mol. The Balaban J connectivity index is 1.70. The van der Waals surface area contributed by atoms with E-state index < -0.39 is 0 Å². The molecule has 3 aromatic rings. The van der Waals surface area contributed by atoms with Crippen molar-refractivity contribution < 1.29 is 9.59 Å². The van der Waals surface area contributed by atoms with Gasteiger partial charge in [0.05, 0.1) is 5.56 Å². The SMILES string of the molecule is CNc1ncc(C#Cc2ccc(C=O)cn2)c2cc(NC(=O)[C@H]3C[C@H]3C)nnc12. The Bertz CT molecular complexity index is 1160. The van der Waals surface area contributed by atoms with Gasteiger partial charge in [0.25, 0.3) is 0 Å². The third kappa shape index (κ3) is 3.89. The van der Waals surface area contributed by atoms with E-state index in [-0.39, 0.29) is 11.8 Å². The van der Waals surface area contributed by atoms with Crippen LogP contribution < -0.4 is 10.6 Å². The summed E-state index contributed by atoms with van der Waals surface area (Å²) in [6.45, 7) is 2.05. The molecule has 8 heteroatoms. The average molecular weight is 386 g/mol. The molecule has 1 aliphatic rings. The zero-order chi connectivity index (χ0) is 20.4. The number of anilines is 2. The first kappa shape index (κ1) is 18.5. The van der Waals surface area contributed by atoms with Crippen LogP contribution in [-0.4, -0.2) is 39.4 Å². The van der Waals surface area contributed by atoms with Crippen LogP contribution in [0.2, 0.25) is 0 Å². The maximum absolute atomic E-state index is 12.2. The molecule has 144 valence electrons. The fourth-order valence-corrected chi connectivity index (χ4v) is 2.96. The van der Waals surface area contributed by atoms with Gasteiger partial charge in [-0.3, -0.25) is 9.59 Å². The molecule has 2 N–H and O–H groups in total. The van der Waals surface area contributed by atoms with E-state index >= 15 is 0 Å². The number of carbonyl (C=O) groups excluding carboxylic acids is 2. The van der Waals surface area contributed by atoms with E-state index in [0.29, 0.717) is 39.9 Å².